The van der Waals surface area contributed by atoms with Gasteiger partial charge in [0.05, 0.1) is 5.56 Å². The molecule has 0 aliphatic rings. The van der Waals surface area contributed by atoms with E-state index >= 15 is 0 Å². The highest BCUT2D eigenvalue weighted by Gasteiger charge is 2.21. The number of nitrogens with one attached hydrogen (secondary N) is 1. The summed E-state index contributed by atoms with van der Waals surface area (Å²) in [6.45, 7) is 1.91. The summed E-state index contributed by atoms with van der Waals surface area (Å²) >= 11 is 0. The highest BCUT2D eigenvalue weighted by molar-refractivity contribution is 5.98. The predicted octanol–water partition coefficient (Wildman–Crippen LogP) is 1.90. The average Bonchev–Trinajstić information content (AvgIpc) is 2.33. The van der Waals surface area contributed by atoms with E-state index in [2.05, 4.69) is 5.32 Å². The Morgan fingerprint density at radius 1 is 1.42 bits per heavy atom. The van der Waals surface area contributed by atoms with Crippen LogP contribution in [0, 0.1) is 5.82 Å². The van der Waals surface area contributed by atoms with Gasteiger partial charge in [0.1, 0.15) is 17.6 Å². The summed E-state index contributed by atoms with van der Waals surface area (Å²) in [4.78, 5) is 22.8. The van der Waals surface area contributed by atoms with Gasteiger partial charge in [-0.15, -0.1) is 0 Å². The summed E-state index contributed by atoms with van der Waals surface area (Å²) in [5.74, 6) is -3.06. The molecule has 0 saturated carbocycles. The number of unbranched alkanes of at least 4 members (excludes halogenated alkanes) is 1. The third-order valence-electron chi connectivity index (χ3n) is 2.65. The van der Waals surface area contributed by atoms with Crippen molar-refractivity contribution in [1.29, 1.82) is 0 Å². The van der Waals surface area contributed by atoms with Gasteiger partial charge in [-0.1, -0.05) is 19.8 Å². The van der Waals surface area contributed by atoms with Crippen LogP contribution in [0.5, 0.6) is 5.75 Å². The van der Waals surface area contributed by atoms with Gasteiger partial charge in [0.15, 0.2) is 0 Å². The number of phenols is 1. The van der Waals surface area contributed by atoms with E-state index in [1.54, 1.807) is 0 Å². The van der Waals surface area contributed by atoms with Crippen LogP contribution >= 0.6 is 0 Å². The molecule has 3 N–H and O–H groups in total. The Bertz CT molecular complexity index is 476. The first-order valence-electron chi connectivity index (χ1n) is 5.98. The number of carbonyl (C=O) groups excluding carboxylic acids is 1. The van der Waals surface area contributed by atoms with Gasteiger partial charge in [-0.05, 0) is 18.6 Å². The number of halogens is 1. The molecule has 19 heavy (non-hydrogen) atoms. The molecule has 0 fully saturated rings. The number of hydrogen-bond acceptors (Lipinski definition) is 3. The lowest BCUT2D eigenvalue weighted by Crippen LogP contribution is -2.40. The lowest BCUT2D eigenvalue weighted by molar-refractivity contribution is -0.139. The molecule has 0 saturated heterocycles. The van der Waals surface area contributed by atoms with Gasteiger partial charge in [-0.25, -0.2) is 9.18 Å². The topological polar surface area (TPSA) is 86.6 Å². The molecule has 5 nitrogen and oxygen atoms in total. The van der Waals surface area contributed by atoms with E-state index < -0.39 is 29.5 Å². The molecule has 1 aromatic carbocycles. The number of hydrogen-bond donors (Lipinski definition) is 3. The molecule has 0 aromatic heterocycles. The van der Waals surface area contributed by atoms with E-state index in [0.29, 0.717) is 12.8 Å². The lowest BCUT2D eigenvalue weighted by Gasteiger charge is -2.14. The molecule has 0 spiro atoms. The Kier molecular flexibility index (Phi) is 5.29. The first kappa shape index (κ1) is 14.9. The smallest absolute Gasteiger partial charge is 0.326 e. The second-order valence-corrected chi connectivity index (χ2v) is 4.17. The molecule has 1 atom stereocenters. The molecule has 0 unspecified atom stereocenters. The minimum Gasteiger partial charge on any atom is -0.507 e. The number of rotatable bonds is 6. The molecule has 1 aromatic rings. The summed E-state index contributed by atoms with van der Waals surface area (Å²) in [7, 11) is 0. The minimum absolute atomic E-state index is 0.149. The summed E-state index contributed by atoms with van der Waals surface area (Å²) < 4.78 is 12.8. The maximum Gasteiger partial charge on any atom is 0.326 e. The van der Waals surface area contributed by atoms with Crippen molar-refractivity contribution >= 4 is 11.9 Å². The second kappa shape index (κ2) is 6.72. The maximum absolute atomic E-state index is 12.8. The number of benzene rings is 1. The van der Waals surface area contributed by atoms with E-state index in [9.17, 15) is 19.1 Å². The van der Waals surface area contributed by atoms with Crippen LogP contribution in [0.1, 0.15) is 36.5 Å². The molecular formula is C13H16FNO4. The lowest BCUT2D eigenvalue weighted by atomic mass is 10.1. The third kappa shape index (κ3) is 4.24. The van der Waals surface area contributed by atoms with Crippen LogP contribution in [0.3, 0.4) is 0 Å². The van der Waals surface area contributed by atoms with Gasteiger partial charge in [0.25, 0.3) is 5.91 Å². The standard InChI is InChI=1S/C13H16FNO4/c1-2-3-4-10(13(18)19)15-12(17)9-6-5-8(14)7-11(9)16/h5-7,10,16H,2-4H2,1H3,(H,15,17)(H,18,19)/t10-/m0/s1. The van der Waals surface area contributed by atoms with E-state index in [1.807, 2.05) is 6.92 Å². The van der Waals surface area contributed by atoms with Crippen molar-refractivity contribution in [2.45, 2.75) is 32.2 Å². The van der Waals surface area contributed by atoms with Crippen molar-refractivity contribution in [3.63, 3.8) is 0 Å². The zero-order valence-corrected chi connectivity index (χ0v) is 10.5. The fourth-order valence-electron chi connectivity index (χ4n) is 1.60. The number of carbonyl (C=O) groups is 2. The SMILES string of the molecule is CCCC[C@H](NC(=O)c1ccc(F)cc1O)C(=O)O. The molecule has 6 heteroatoms. The molecule has 104 valence electrons. The van der Waals surface area contributed by atoms with E-state index in [0.717, 1.165) is 24.6 Å². The number of aliphatic carboxylic acids is 1. The van der Waals surface area contributed by atoms with Gasteiger partial charge in [-0.3, -0.25) is 4.79 Å². The Hall–Kier alpha value is -2.11. The van der Waals surface area contributed by atoms with Crippen LogP contribution in [-0.4, -0.2) is 28.1 Å². The molecule has 1 amide bonds. The van der Waals surface area contributed by atoms with Gasteiger partial charge >= 0.3 is 5.97 Å². The number of amides is 1. The highest BCUT2D eigenvalue weighted by atomic mass is 19.1. The zero-order chi connectivity index (χ0) is 14.4. The van der Waals surface area contributed by atoms with Crippen molar-refractivity contribution in [3.8, 4) is 5.75 Å². The Balaban J connectivity index is 2.78. The molecule has 0 aliphatic heterocycles. The predicted molar refractivity (Wildman–Crippen MR) is 66.5 cm³/mol. The van der Waals surface area contributed by atoms with Gasteiger partial charge in [0, 0.05) is 6.07 Å². The van der Waals surface area contributed by atoms with Crippen LogP contribution in [0.4, 0.5) is 4.39 Å². The van der Waals surface area contributed by atoms with Crippen molar-refractivity contribution in [3.05, 3.63) is 29.6 Å². The Labute approximate surface area is 110 Å². The monoisotopic (exact) mass is 269 g/mol. The van der Waals surface area contributed by atoms with Crippen LogP contribution in [0.15, 0.2) is 18.2 Å². The summed E-state index contributed by atoms with van der Waals surface area (Å²) in [5, 5.41) is 20.7. The Morgan fingerprint density at radius 2 is 2.11 bits per heavy atom. The molecular weight excluding hydrogens is 253 g/mol. The van der Waals surface area contributed by atoms with E-state index in [1.165, 1.54) is 0 Å². The van der Waals surface area contributed by atoms with Crippen molar-refractivity contribution < 1.29 is 24.2 Å². The van der Waals surface area contributed by atoms with Crippen molar-refractivity contribution in [2.24, 2.45) is 0 Å². The molecule has 0 heterocycles. The summed E-state index contributed by atoms with van der Waals surface area (Å²) in [6, 6.07) is 1.92. The van der Waals surface area contributed by atoms with E-state index in [-0.39, 0.29) is 5.56 Å². The quantitative estimate of drug-likeness (QED) is 0.736. The van der Waals surface area contributed by atoms with Gasteiger partial charge in [-0.2, -0.15) is 0 Å². The zero-order valence-electron chi connectivity index (χ0n) is 10.5. The molecule has 0 aliphatic carbocycles. The summed E-state index contributed by atoms with van der Waals surface area (Å²) in [6.07, 6.45) is 1.77. The normalized spacial score (nSPS) is 11.9. The number of phenolic OH excluding ortho intramolecular Hbond substituents is 1. The minimum atomic E-state index is -1.14. The number of aromatic hydroxyl groups is 1. The van der Waals surface area contributed by atoms with Crippen LogP contribution < -0.4 is 5.32 Å². The third-order valence-corrected chi connectivity index (χ3v) is 2.65. The maximum atomic E-state index is 12.8. The molecule has 0 bridgehead atoms. The van der Waals surface area contributed by atoms with Crippen molar-refractivity contribution in [2.75, 3.05) is 0 Å². The molecule has 1 rings (SSSR count). The van der Waals surface area contributed by atoms with Crippen molar-refractivity contribution in [1.82, 2.24) is 5.32 Å². The first-order valence-corrected chi connectivity index (χ1v) is 5.98. The Morgan fingerprint density at radius 3 is 2.63 bits per heavy atom. The van der Waals surface area contributed by atoms with Crippen LogP contribution in [-0.2, 0) is 4.79 Å². The number of carboxylic acid groups (broad SMARTS) is 1. The number of carboxylic acids is 1. The second-order valence-electron chi connectivity index (χ2n) is 4.17. The van der Waals surface area contributed by atoms with Gasteiger partial charge < -0.3 is 15.5 Å². The van der Waals surface area contributed by atoms with Gasteiger partial charge in [0.2, 0.25) is 0 Å². The fraction of sp³-hybridized carbons (Fsp3) is 0.385. The van der Waals surface area contributed by atoms with E-state index in [4.69, 9.17) is 5.11 Å². The largest absolute Gasteiger partial charge is 0.507 e. The first-order chi connectivity index (χ1) is 8.95. The van der Waals surface area contributed by atoms with Crippen LogP contribution in [0.2, 0.25) is 0 Å². The molecule has 0 radical (unpaired) electrons. The van der Waals surface area contributed by atoms with Crippen LogP contribution in [0.25, 0.3) is 0 Å². The fourth-order valence-corrected chi connectivity index (χ4v) is 1.60. The highest BCUT2D eigenvalue weighted by Crippen LogP contribution is 2.18. The average molecular weight is 269 g/mol. The summed E-state index contributed by atoms with van der Waals surface area (Å²) in [5.41, 5.74) is -0.149.